The summed E-state index contributed by atoms with van der Waals surface area (Å²) in [5.41, 5.74) is 2.24. The normalized spacial score (nSPS) is 10.7. The highest BCUT2D eigenvalue weighted by atomic mass is 32.2. The summed E-state index contributed by atoms with van der Waals surface area (Å²) in [5, 5.41) is 18.8. The van der Waals surface area contributed by atoms with Crippen LogP contribution in [0.4, 0.5) is 5.69 Å². The quantitative estimate of drug-likeness (QED) is 0.527. The van der Waals surface area contributed by atoms with Crippen LogP contribution in [0.25, 0.3) is 17.0 Å². The van der Waals surface area contributed by atoms with E-state index in [4.69, 9.17) is 4.52 Å². The molecule has 4 rings (SSSR count). The number of pyridine rings is 1. The maximum Gasteiger partial charge on any atom is 0.277 e. The largest absolute Gasteiger partial charge is 0.355 e. The first-order chi connectivity index (χ1) is 13.2. The van der Waals surface area contributed by atoms with E-state index in [1.807, 2.05) is 18.4 Å². The van der Waals surface area contributed by atoms with Crippen molar-refractivity contribution in [2.45, 2.75) is 5.16 Å². The van der Waals surface area contributed by atoms with Crippen LogP contribution in [0.1, 0.15) is 10.5 Å². The third-order valence-corrected chi connectivity index (χ3v) is 4.28. The minimum absolute atomic E-state index is 0.173. The average Bonchev–Trinajstić information content (AvgIpc) is 3.38. The fraction of sp³-hybridized carbons (Fsp3) is 0.0588. The molecule has 4 aromatic rings. The minimum atomic E-state index is -0.382. The molecule has 27 heavy (non-hydrogen) atoms. The predicted octanol–water partition coefficient (Wildman–Crippen LogP) is 2.69. The zero-order valence-corrected chi connectivity index (χ0v) is 14.9. The number of amides is 1. The van der Waals surface area contributed by atoms with Crippen LogP contribution < -0.4 is 5.32 Å². The van der Waals surface area contributed by atoms with Crippen LogP contribution in [0.3, 0.4) is 0 Å². The Hall–Kier alpha value is -3.53. The van der Waals surface area contributed by atoms with Gasteiger partial charge in [-0.2, -0.15) is 4.68 Å². The van der Waals surface area contributed by atoms with Crippen molar-refractivity contribution < 1.29 is 9.32 Å². The van der Waals surface area contributed by atoms with Gasteiger partial charge in [-0.25, -0.2) is 0 Å². The Bertz CT molecular complexity index is 1080. The van der Waals surface area contributed by atoms with Gasteiger partial charge in [-0.3, -0.25) is 9.78 Å². The molecule has 0 fully saturated rings. The fourth-order valence-electron chi connectivity index (χ4n) is 2.41. The van der Waals surface area contributed by atoms with Crippen LogP contribution in [0, 0.1) is 0 Å². The Morgan fingerprint density at radius 1 is 1.22 bits per heavy atom. The van der Waals surface area contributed by atoms with E-state index in [9.17, 15) is 4.79 Å². The van der Waals surface area contributed by atoms with Gasteiger partial charge in [-0.05, 0) is 47.0 Å². The lowest BCUT2D eigenvalue weighted by molar-refractivity contribution is 0.101. The number of anilines is 1. The second-order valence-corrected chi connectivity index (χ2v) is 6.17. The number of carbonyl (C=O) groups excluding carboxylic acids is 1. The molecule has 134 valence electrons. The summed E-state index contributed by atoms with van der Waals surface area (Å²) in [6, 6.07) is 12.4. The monoisotopic (exact) mass is 379 g/mol. The number of benzene rings is 1. The molecule has 0 radical (unpaired) electrons. The Morgan fingerprint density at radius 2 is 2.15 bits per heavy atom. The maximum atomic E-state index is 12.5. The van der Waals surface area contributed by atoms with Gasteiger partial charge in [0, 0.05) is 29.7 Å². The number of hydrogen-bond donors (Lipinski definition) is 1. The zero-order valence-electron chi connectivity index (χ0n) is 14.1. The van der Waals surface area contributed by atoms with Gasteiger partial charge in [0.2, 0.25) is 5.16 Å². The number of nitrogens with one attached hydrogen (secondary N) is 1. The van der Waals surface area contributed by atoms with E-state index >= 15 is 0 Å². The predicted molar refractivity (Wildman–Crippen MR) is 98.6 cm³/mol. The van der Waals surface area contributed by atoms with E-state index in [-0.39, 0.29) is 11.6 Å². The minimum Gasteiger partial charge on any atom is -0.355 e. The number of carbonyl (C=O) groups is 1. The molecule has 0 aliphatic carbocycles. The molecule has 9 nitrogen and oxygen atoms in total. The Labute approximate surface area is 157 Å². The Kier molecular flexibility index (Phi) is 4.62. The van der Waals surface area contributed by atoms with Crippen molar-refractivity contribution in [3.63, 3.8) is 0 Å². The summed E-state index contributed by atoms with van der Waals surface area (Å²) in [5.74, 6) is 0.0909. The fourth-order valence-corrected chi connectivity index (χ4v) is 2.84. The van der Waals surface area contributed by atoms with E-state index in [1.54, 1.807) is 47.4 Å². The second kappa shape index (κ2) is 7.38. The van der Waals surface area contributed by atoms with Crippen molar-refractivity contribution in [1.82, 2.24) is 30.3 Å². The molecule has 0 saturated carbocycles. The number of rotatable bonds is 5. The summed E-state index contributed by atoms with van der Waals surface area (Å²) in [6.45, 7) is 0. The number of thioether (sulfide) groups is 1. The number of aromatic nitrogens is 6. The first kappa shape index (κ1) is 16.9. The van der Waals surface area contributed by atoms with Crippen molar-refractivity contribution in [1.29, 1.82) is 0 Å². The smallest absolute Gasteiger partial charge is 0.277 e. The van der Waals surface area contributed by atoms with E-state index < -0.39 is 0 Å². The number of hydrogen-bond acceptors (Lipinski definition) is 8. The van der Waals surface area contributed by atoms with Gasteiger partial charge >= 0.3 is 0 Å². The first-order valence-corrected chi connectivity index (χ1v) is 9.08. The highest BCUT2D eigenvalue weighted by molar-refractivity contribution is 7.98. The highest BCUT2D eigenvalue weighted by Crippen LogP contribution is 2.21. The van der Waals surface area contributed by atoms with Crippen molar-refractivity contribution in [3.8, 4) is 17.0 Å². The van der Waals surface area contributed by atoms with E-state index in [2.05, 4.69) is 31.0 Å². The van der Waals surface area contributed by atoms with Gasteiger partial charge in [-0.1, -0.05) is 23.0 Å². The third-order valence-electron chi connectivity index (χ3n) is 3.66. The van der Waals surface area contributed by atoms with Gasteiger partial charge in [-0.15, -0.1) is 5.10 Å². The SMILES string of the molecule is CSc1nnnn1-c1cccc(NC(=O)c2cc(-c3cccnc3)on2)c1. The number of tetrazole rings is 1. The van der Waals surface area contributed by atoms with Crippen LogP contribution in [0.2, 0.25) is 0 Å². The summed E-state index contributed by atoms with van der Waals surface area (Å²) < 4.78 is 6.83. The van der Waals surface area contributed by atoms with Crippen molar-refractivity contribution in [3.05, 3.63) is 60.6 Å². The lowest BCUT2D eigenvalue weighted by Crippen LogP contribution is -2.12. The first-order valence-electron chi connectivity index (χ1n) is 7.86. The van der Waals surface area contributed by atoms with Crippen LogP contribution >= 0.6 is 11.8 Å². The summed E-state index contributed by atoms with van der Waals surface area (Å²) in [4.78, 5) is 16.5. The lowest BCUT2D eigenvalue weighted by atomic mass is 10.2. The molecule has 3 heterocycles. The van der Waals surface area contributed by atoms with Crippen molar-refractivity contribution >= 4 is 23.4 Å². The van der Waals surface area contributed by atoms with E-state index in [1.165, 1.54) is 11.8 Å². The lowest BCUT2D eigenvalue weighted by Gasteiger charge is -2.06. The molecule has 1 aromatic carbocycles. The molecule has 1 N–H and O–H groups in total. The zero-order chi connectivity index (χ0) is 18.6. The molecule has 0 aliphatic rings. The van der Waals surface area contributed by atoms with Crippen LogP contribution in [0.5, 0.6) is 0 Å². The average molecular weight is 379 g/mol. The summed E-state index contributed by atoms with van der Waals surface area (Å²) >= 11 is 1.43. The van der Waals surface area contributed by atoms with Crippen molar-refractivity contribution in [2.24, 2.45) is 0 Å². The third kappa shape index (κ3) is 3.55. The van der Waals surface area contributed by atoms with E-state index in [0.29, 0.717) is 16.6 Å². The summed E-state index contributed by atoms with van der Waals surface area (Å²) in [7, 11) is 0. The second-order valence-electron chi connectivity index (χ2n) is 5.40. The van der Waals surface area contributed by atoms with Crippen LogP contribution in [-0.4, -0.2) is 42.5 Å². The van der Waals surface area contributed by atoms with Crippen LogP contribution in [-0.2, 0) is 0 Å². The molecule has 1 amide bonds. The number of nitrogens with zero attached hydrogens (tertiary/aromatic N) is 6. The molecule has 0 atom stereocenters. The molecule has 10 heteroatoms. The topological polar surface area (TPSA) is 112 Å². The van der Waals surface area contributed by atoms with Gasteiger partial charge in [0.25, 0.3) is 5.91 Å². The highest BCUT2D eigenvalue weighted by Gasteiger charge is 2.15. The molecule has 0 unspecified atom stereocenters. The molecule has 3 aromatic heterocycles. The molecule has 0 saturated heterocycles. The molecular formula is C17H13N7O2S. The molecular weight excluding hydrogens is 366 g/mol. The standard InChI is InChI=1S/C17H13N7O2S/c1-27-17-20-22-23-24(17)13-6-2-5-12(8-13)19-16(25)14-9-15(26-21-14)11-4-3-7-18-10-11/h2-10H,1H3,(H,19,25). The molecule has 0 bridgehead atoms. The maximum absolute atomic E-state index is 12.5. The van der Waals surface area contributed by atoms with Gasteiger partial charge in [0.15, 0.2) is 11.5 Å². The van der Waals surface area contributed by atoms with Gasteiger partial charge in [0.05, 0.1) is 5.69 Å². The Morgan fingerprint density at radius 3 is 2.96 bits per heavy atom. The summed E-state index contributed by atoms with van der Waals surface area (Å²) in [6.07, 6.45) is 5.19. The van der Waals surface area contributed by atoms with Gasteiger partial charge in [0.1, 0.15) is 0 Å². The van der Waals surface area contributed by atoms with E-state index in [0.717, 1.165) is 11.3 Å². The van der Waals surface area contributed by atoms with Crippen molar-refractivity contribution in [2.75, 3.05) is 11.6 Å². The Balaban J connectivity index is 1.54. The van der Waals surface area contributed by atoms with Crippen LogP contribution in [0.15, 0.2) is 64.5 Å². The molecule has 0 aliphatic heterocycles. The molecule has 0 spiro atoms. The van der Waals surface area contributed by atoms with Gasteiger partial charge < -0.3 is 9.84 Å².